The first-order valence-electron chi connectivity index (χ1n) is 9.64. The number of benzene rings is 2. The third-order valence-electron chi connectivity index (χ3n) is 4.60. The molecule has 31 heavy (non-hydrogen) atoms. The van der Waals surface area contributed by atoms with Crippen LogP contribution < -0.4 is 5.32 Å². The molecule has 0 aromatic heterocycles. The van der Waals surface area contributed by atoms with Crippen LogP contribution in [0.15, 0.2) is 47.5 Å². The summed E-state index contributed by atoms with van der Waals surface area (Å²) >= 11 is 7.33. The van der Waals surface area contributed by atoms with Crippen molar-refractivity contribution in [3.63, 3.8) is 0 Å². The van der Waals surface area contributed by atoms with Crippen molar-refractivity contribution in [2.24, 2.45) is 4.99 Å². The largest absolute Gasteiger partial charge is 0.462 e. The number of halogens is 1. The Balaban J connectivity index is 1.75. The van der Waals surface area contributed by atoms with Gasteiger partial charge in [0, 0.05) is 24.2 Å². The van der Waals surface area contributed by atoms with Crippen LogP contribution in [0.5, 0.6) is 0 Å². The molecule has 0 saturated carbocycles. The predicted molar refractivity (Wildman–Crippen MR) is 123 cm³/mol. The number of aliphatic imine (C=N–C) groups is 1. The molecule has 1 heterocycles. The molecule has 7 nitrogen and oxygen atoms in total. The maximum atomic E-state index is 12.7. The molecule has 1 aliphatic rings. The Kier molecular flexibility index (Phi) is 7.35. The second-order valence-corrected chi connectivity index (χ2v) is 8.46. The molecule has 0 radical (unpaired) electrons. The molecular weight excluding hydrogens is 438 g/mol. The van der Waals surface area contributed by atoms with Crippen LogP contribution in [0.2, 0.25) is 5.02 Å². The van der Waals surface area contributed by atoms with Gasteiger partial charge in [0.1, 0.15) is 5.25 Å². The monoisotopic (exact) mass is 459 g/mol. The number of nitrogens with one attached hydrogen (secondary N) is 1. The van der Waals surface area contributed by atoms with Gasteiger partial charge in [0.2, 0.25) is 11.8 Å². The van der Waals surface area contributed by atoms with Gasteiger partial charge in [-0.2, -0.15) is 0 Å². The first-order chi connectivity index (χ1) is 14.8. The zero-order valence-corrected chi connectivity index (χ0v) is 18.9. The maximum Gasteiger partial charge on any atom is 0.338 e. The number of amides is 2. The molecule has 2 aromatic rings. The third-order valence-corrected chi connectivity index (χ3v) is 6.25. The van der Waals surface area contributed by atoms with Crippen molar-refractivity contribution in [2.45, 2.75) is 25.5 Å². The van der Waals surface area contributed by atoms with Gasteiger partial charge in [-0.1, -0.05) is 29.4 Å². The fourth-order valence-electron chi connectivity index (χ4n) is 2.79. The summed E-state index contributed by atoms with van der Waals surface area (Å²) in [6.07, 6.45) is 0.0629. The van der Waals surface area contributed by atoms with E-state index in [-0.39, 0.29) is 18.2 Å². The number of esters is 1. The van der Waals surface area contributed by atoms with Crippen molar-refractivity contribution in [3.8, 4) is 0 Å². The lowest BCUT2D eigenvalue weighted by Gasteiger charge is -2.28. The molecule has 1 aliphatic heterocycles. The van der Waals surface area contributed by atoms with Crippen molar-refractivity contribution in [1.82, 2.24) is 4.90 Å². The summed E-state index contributed by atoms with van der Waals surface area (Å²) in [5.41, 5.74) is 2.45. The summed E-state index contributed by atoms with van der Waals surface area (Å²) in [6, 6.07) is 11.8. The summed E-state index contributed by atoms with van der Waals surface area (Å²) in [5, 5.41) is 3.15. The van der Waals surface area contributed by atoms with Crippen LogP contribution in [0.4, 0.5) is 11.4 Å². The van der Waals surface area contributed by atoms with E-state index in [1.165, 1.54) is 16.7 Å². The number of hydrogen-bond donors (Lipinski definition) is 1. The molecule has 0 aliphatic carbocycles. The second kappa shape index (κ2) is 9.98. The van der Waals surface area contributed by atoms with Gasteiger partial charge in [-0.15, -0.1) is 0 Å². The summed E-state index contributed by atoms with van der Waals surface area (Å²) in [4.78, 5) is 42.9. The van der Waals surface area contributed by atoms with Gasteiger partial charge in [-0.25, -0.2) is 9.79 Å². The minimum atomic E-state index is -0.624. The van der Waals surface area contributed by atoms with Crippen molar-refractivity contribution in [2.75, 3.05) is 19.0 Å². The number of aryl methyl sites for hydroxylation is 1. The number of ether oxygens (including phenoxy) is 1. The van der Waals surface area contributed by atoms with Crippen LogP contribution in [-0.4, -0.2) is 46.8 Å². The van der Waals surface area contributed by atoms with Crippen LogP contribution in [-0.2, 0) is 14.3 Å². The van der Waals surface area contributed by atoms with Crippen LogP contribution in [0.25, 0.3) is 0 Å². The minimum Gasteiger partial charge on any atom is -0.462 e. The molecule has 162 valence electrons. The minimum absolute atomic E-state index is 0.0629. The topological polar surface area (TPSA) is 88.1 Å². The van der Waals surface area contributed by atoms with Gasteiger partial charge in [0.05, 0.1) is 17.9 Å². The van der Waals surface area contributed by atoms with E-state index in [4.69, 9.17) is 16.3 Å². The molecule has 9 heteroatoms. The summed E-state index contributed by atoms with van der Waals surface area (Å²) < 4.78 is 4.97. The van der Waals surface area contributed by atoms with E-state index in [1.807, 2.05) is 13.0 Å². The second-order valence-electron chi connectivity index (χ2n) is 6.88. The van der Waals surface area contributed by atoms with Crippen molar-refractivity contribution < 1.29 is 19.1 Å². The Labute approximate surface area is 189 Å². The molecule has 1 atom stereocenters. The summed E-state index contributed by atoms with van der Waals surface area (Å²) in [7, 11) is 1.62. The number of amidine groups is 1. The Morgan fingerprint density at radius 1 is 1.26 bits per heavy atom. The molecule has 0 bridgehead atoms. The highest BCUT2D eigenvalue weighted by molar-refractivity contribution is 8.15. The number of nitrogens with zero attached hydrogens (tertiary/aromatic N) is 2. The van der Waals surface area contributed by atoms with Crippen molar-refractivity contribution >= 4 is 57.7 Å². The first-order valence-corrected chi connectivity index (χ1v) is 10.9. The van der Waals surface area contributed by atoms with Crippen molar-refractivity contribution in [3.05, 3.63) is 58.6 Å². The average molecular weight is 460 g/mol. The SMILES string of the molecule is CCOC(=O)c1ccc(N=C2S[C@@H](C(=O)Nc3ccc(C)c(Cl)c3)CC(=O)N2C)cc1. The van der Waals surface area contributed by atoms with Gasteiger partial charge in [-0.05, 0) is 55.8 Å². The Bertz CT molecular complexity index is 1040. The third kappa shape index (κ3) is 5.65. The maximum absolute atomic E-state index is 12.7. The van der Waals surface area contributed by atoms with Gasteiger partial charge in [0.25, 0.3) is 0 Å². The van der Waals surface area contributed by atoms with Crippen LogP contribution in [0, 0.1) is 6.92 Å². The zero-order chi connectivity index (χ0) is 22.5. The highest BCUT2D eigenvalue weighted by atomic mass is 35.5. The molecule has 1 saturated heterocycles. The Morgan fingerprint density at radius 2 is 1.97 bits per heavy atom. The van der Waals surface area contributed by atoms with Gasteiger partial charge in [-0.3, -0.25) is 14.5 Å². The van der Waals surface area contributed by atoms with Crippen LogP contribution in [0.1, 0.15) is 29.3 Å². The zero-order valence-electron chi connectivity index (χ0n) is 17.3. The highest BCUT2D eigenvalue weighted by Crippen LogP contribution is 2.29. The predicted octanol–water partition coefficient (Wildman–Crippen LogP) is 4.42. The van der Waals surface area contributed by atoms with E-state index < -0.39 is 11.2 Å². The quantitative estimate of drug-likeness (QED) is 0.669. The lowest BCUT2D eigenvalue weighted by atomic mass is 10.2. The van der Waals surface area contributed by atoms with E-state index in [2.05, 4.69) is 10.3 Å². The summed E-state index contributed by atoms with van der Waals surface area (Å²) in [6.45, 7) is 3.91. The number of anilines is 1. The van der Waals surface area contributed by atoms with E-state index in [0.29, 0.717) is 33.7 Å². The molecule has 1 fully saturated rings. The highest BCUT2D eigenvalue weighted by Gasteiger charge is 2.34. The molecule has 0 unspecified atom stereocenters. The lowest BCUT2D eigenvalue weighted by molar-refractivity contribution is -0.128. The number of hydrogen-bond acceptors (Lipinski definition) is 6. The number of carbonyl (C=O) groups is 3. The van der Waals surface area contributed by atoms with Gasteiger partial charge in [0.15, 0.2) is 5.17 Å². The van der Waals surface area contributed by atoms with Crippen molar-refractivity contribution in [1.29, 1.82) is 0 Å². The number of carbonyl (C=O) groups excluding carboxylic acids is 3. The smallest absolute Gasteiger partial charge is 0.338 e. The van der Waals surface area contributed by atoms with E-state index in [0.717, 1.165) is 5.56 Å². The van der Waals surface area contributed by atoms with Gasteiger partial charge >= 0.3 is 5.97 Å². The molecule has 1 N–H and O–H groups in total. The normalized spacial score (nSPS) is 17.5. The van der Waals surface area contributed by atoms with Crippen LogP contribution >= 0.6 is 23.4 Å². The molecular formula is C22H22ClN3O4S. The molecule has 2 aromatic carbocycles. The number of thioether (sulfide) groups is 1. The Morgan fingerprint density at radius 3 is 2.61 bits per heavy atom. The Hall–Kier alpha value is -2.84. The average Bonchev–Trinajstić information content (AvgIpc) is 2.74. The fraction of sp³-hybridized carbons (Fsp3) is 0.273. The molecule has 0 spiro atoms. The molecule has 2 amide bonds. The van der Waals surface area contributed by atoms with E-state index in [1.54, 1.807) is 50.4 Å². The standard InChI is InChI=1S/C22H22ClN3O4S/c1-4-30-21(29)14-6-9-15(10-7-14)25-22-26(3)19(27)12-18(31-22)20(28)24-16-8-5-13(2)17(23)11-16/h5-11,18H,4,12H2,1-3H3,(H,24,28)/t18-/m1/s1. The van der Waals surface area contributed by atoms with E-state index >= 15 is 0 Å². The first kappa shape index (κ1) is 22.8. The van der Waals surface area contributed by atoms with Crippen LogP contribution in [0.3, 0.4) is 0 Å². The summed E-state index contributed by atoms with van der Waals surface area (Å²) in [5.74, 6) is -0.909. The number of rotatable bonds is 5. The fourth-order valence-corrected chi connectivity index (χ4v) is 4.03. The molecule has 3 rings (SSSR count). The lowest BCUT2D eigenvalue weighted by Crippen LogP contribution is -2.43. The van der Waals surface area contributed by atoms with E-state index in [9.17, 15) is 14.4 Å². The van der Waals surface area contributed by atoms with Gasteiger partial charge < -0.3 is 10.1 Å².